The van der Waals surface area contributed by atoms with Gasteiger partial charge in [-0.25, -0.2) is 23.8 Å². The number of carboxylic acids is 2. The number of nitrogens with one attached hydrogen (secondary N) is 1. The summed E-state index contributed by atoms with van der Waals surface area (Å²) < 4.78 is 3.48. The number of rotatable bonds is 10. The van der Waals surface area contributed by atoms with E-state index < -0.39 is 47.0 Å². The van der Waals surface area contributed by atoms with Crippen molar-refractivity contribution < 1.29 is 38.8 Å². The van der Waals surface area contributed by atoms with Crippen LogP contribution >= 0.6 is 34.7 Å². The fourth-order valence-electron chi connectivity index (χ4n) is 4.20. The van der Waals surface area contributed by atoms with Crippen LogP contribution in [0.4, 0.5) is 5.13 Å². The average Bonchev–Trinajstić information content (AvgIpc) is 3.61. The minimum atomic E-state index is -1.40. The zero-order chi connectivity index (χ0) is 30.1. The van der Waals surface area contributed by atoms with E-state index in [2.05, 4.69) is 20.6 Å². The number of fused-ring (bicyclic) bond motifs is 1. The molecule has 5 heterocycles. The van der Waals surface area contributed by atoms with Gasteiger partial charge < -0.3 is 26.1 Å². The normalized spacial score (nSPS) is 19.1. The minimum absolute atomic E-state index is 0.00234. The van der Waals surface area contributed by atoms with Crippen molar-refractivity contribution in [2.24, 2.45) is 5.16 Å². The van der Waals surface area contributed by atoms with Gasteiger partial charge in [0.1, 0.15) is 27.1 Å². The second-order valence-electron chi connectivity index (χ2n) is 9.00. The largest absolute Gasteiger partial charge is 0.478 e. The van der Waals surface area contributed by atoms with Crippen LogP contribution in [0.5, 0.6) is 0 Å². The van der Waals surface area contributed by atoms with Gasteiger partial charge in [-0.3, -0.25) is 14.5 Å². The van der Waals surface area contributed by atoms with Gasteiger partial charge in [-0.1, -0.05) is 28.1 Å². The van der Waals surface area contributed by atoms with Crippen LogP contribution in [0.15, 0.2) is 59.4 Å². The number of hydrogen-bond acceptors (Lipinski definition) is 11. The number of aliphatic carboxylic acids is 2. The predicted molar refractivity (Wildman–Crippen MR) is 150 cm³/mol. The molecule has 0 unspecified atom stereocenters. The number of nitrogen functional groups attached to an aromatic ring is 1. The molecule has 2 aliphatic heterocycles. The van der Waals surface area contributed by atoms with Crippen molar-refractivity contribution in [3.63, 3.8) is 0 Å². The maximum absolute atomic E-state index is 13.2. The lowest BCUT2D eigenvalue weighted by atomic mass is 10.0. The summed E-state index contributed by atoms with van der Waals surface area (Å²) in [5.74, 6) is -3.90. The van der Waals surface area contributed by atoms with Crippen LogP contribution in [0.2, 0.25) is 4.34 Å². The van der Waals surface area contributed by atoms with Gasteiger partial charge in [0, 0.05) is 35.9 Å². The van der Waals surface area contributed by atoms with E-state index in [-0.39, 0.29) is 33.2 Å². The summed E-state index contributed by atoms with van der Waals surface area (Å²) in [7, 11) is 0. The topological polar surface area (TPSA) is 206 Å². The van der Waals surface area contributed by atoms with Crippen molar-refractivity contribution in [1.82, 2.24) is 25.0 Å². The summed E-state index contributed by atoms with van der Waals surface area (Å²) in [5.41, 5.74) is 6.23. The molecule has 0 saturated carbocycles. The Labute approximate surface area is 250 Å². The molecule has 0 spiro atoms. The summed E-state index contributed by atoms with van der Waals surface area (Å²) in [5, 5.41) is 28.8. The lowest BCUT2D eigenvalue weighted by Gasteiger charge is -2.49. The van der Waals surface area contributed by atoms with Crippen LogP contribution in [0.25, 0.3) is 5.69 Å². The third-order valence-electron chi connectivity index (χ3n) is 6.24. The van der Waals surface area contributed by atoms with Crippen LogP contribution in [0, 0.1) is 0 Å². The SMILES string of the molecule is C[C@H](O/N=C(\C(=O)N[C@@H]1C(=O)N2C(C(=O)O)=C(C[n+]3ccc(-n4cccn4)cc3)CS[C@H]12)c1nc(N)sc1Cl)C(=O)O. The molecule has 2 aliphatic rings. The molecule has 218 valence electrons. The first-order valence-electron chi connectivity index (χ1n) is 12.1. The van der Waals surface area contributed by atoms with Crippen LogP contribution < -0.4 is 15.6 Å². The first kappa shape index (κ1) is 29.0. The van der Waals surface area contributed by atoms with E-state index in [1.54, 1.807) is 40.1 Å². The Morgan fingerprint density at radius 1 is 1.33 bits per heavy atom. The Morgan fingerprint density at radius 3 is 2.67 bits per heavy atom. The lowest BCUT2D eigenvalue weighted by molar-refractivity contribution is -0.689. The predicted octanol–water partition coefficient (Wildman–Crippen LogP) is 0.485. The van der Waals surface area contributed by atoms with Gasteiger partial charge in [0.25, 0.3) is 11.8 Å². The first-order chi connectivity index (χ1) is 20.0. The number of hydrogen-bond donors (Lipinski definition) is 4. The molecule has 1 saturated heterocycles. The summed E-state index contributed by atoms with van der Waals surface area (Å²) in [4.78, 5) is 59.9. The standard InChI is InChI=1S/C24H21ClN8O7S2/c1-11(22(36)37)40-30-15(14-18(25)42-24(26)29-14)19(34)28-16-20(35)33-17(23(38)39)12(10-41-21(16)33)9-31-7-3-13(4-8-31)32-6-2-5-27-32/h2-8,11,16,21H,9-10H2,1H3,(H4-,26,28,29,34,36,37,38,39)/p+1/b30-15-/t11-,16+,21+/m0/s1. The molecular formula is C24H22ClN8O7S2+. The fourth-order valence-corrected chi connectivity index (χ4v) is 6.46. The second-order valence-corrected chi connectivity index (χ2v) is 11.7. The number of halogens is 1. The number of oxime groups is 1. The molecule has 0 aromatic carbocycles. The van der Waals surface area contributed by atoms with Crippen LogP contribution in [0.3, 0.4) is 0 Å². The molecule has 3 aromatic rings. The van der Waals surface area contributed by atoms with Gasteiger partial charge >= 0.3 is 11.9 Å². The number of nitrogens with two attached hydrogens (primary N) is 1. The lowest BCUT2D eigenvalue weighted by Crippen LogP contribution is -2.71. The molecule has 5 N–H and O–H groups in total. The number of amides is 2. The van der Waals surface area contributed by atoms with Gasteiger partial charge in [0.05, 0.1) is 5.69 Å². The summed E-state index contributed by atoms with van der Waals surface area (Å²) in [6.07, 6.45) is 5.62. The average molecular weight is 634 g/mol. The summed E-state index contributed by atoms with van der Waals surface area (Å²) in [6, 6.07) is 4.35. The van der Waals surface area contributed by atoms with E-state index in [0.29, 0.717) is 5.57 Å². The van der Waals surface area contributed by atoms with E-state index in [4.69, 9.17) is 27.3 Å². The summed E-state index contributed by atoms with van der Waals surface area (Å²) in [6.45, 7) is 1.43. The molecule has 3 atom stereocenters. The molecule has 42 heavy (non-hydrogen) atoms. The zero-order valence-corrected chi connectivity index (χ0v) is 24.0. The number of β-lactam (4-membered cyclic amide) rings is 1. The number of nitrogens with zero attached hydrogens (tertiary/aromatic N) is 6. The van der Waals surface area contributed by atoms with E-state index >= 15 is 0 Å². The van der Waals surface area contributed by atoms with Crippen LogP contribution in [-0.4, -0.2) is 82.6 Å². The zero-order valence-electron chi connectivity index (χ0n) is 21.6. The minimum Gasteiger partial charge on any atom is -0.478 e. The molecule has 18 heteroatoms. The van der Waals surface area contributed by atoms with Gasteiger partial charge in [0.2, 0.25) is 6.10 Å². The molecule has 15 nitrogen and oxygen atoms in total. The molecule has 1 fully saturated rings. The van der Waals surface area contributed by atoms with E-state index in [9.17, 15) is 24.3 Å². The maximum atomic E-state index is 13.2. The van der Waals surface area contributed by atoms with Crippen molar-refractivity contribution in [2.45, 2.75) is 31.0 Å². The van der Waals surface area contributed by atoms with Crippen LogP contribution in [-0.2, 0) is 30.6 Å². The maximum Gasteiger partial charge on any atom is 0.352 e. The van der Waals surface area contributed by atoms with E-state index in [0.717, 1.165) is 21.9 Å². The van der Waals surface area contributed by atoms with Crippen molar-refractivity contribution in [2.75, 3.05) is 11.5 Å². The molecule has 0 bridgehead atoms. The third kappa shape index (κ3) is 5.65. The quantitative estimate of drug-likeness (QED) is 0.105. The molecule has 0 aliphatic carbocycles. The highest BCUT2D eigenvalue weighted by Crippen LogP contribution is 2.40. The Bertz CT molecular complexity index is 1620. The van der Waals surface area contributed by atoms with Crippen molar-refractivity contribution >= 4 is 69.3 Å². The second kappa shape index (κ2) is 11.8. The van der Waals surface area contributed by atoms with Gasteiger partial charge in [0.15, 0.2) is 29.8 Å². The Balaban J connectivity index is 1.34. The summed E-state index contributed by atoms with van der Waals surface area (Å²) >= 11 is 8.29. The van der Waals surface area contributed by atoms with Crippen LogP contribution in [0.1, 0.15) is 12.6 Å². The highest BCUT2D eigenvalue weighted by molar-refractivity contribution is 8.00. The fraction of sp³-hybridized carbons (Fsp3) is 0.250. The number of carbonyl (C=O) groups excluding carboxylic acids is 2. The third-order valence-corrected chi connectivity index (χ3v) is 8.67. The Kier molecular flexibility index (Phi) is 8.15. The van der Waals surface area contributed by atoms with Crippen molar-refractivity contribution in [1.29, 1.82) is 0 Å². The van der Waals surface area contributed by atoms with E-state index in [1.165, 1.54) is 18.7 Å². The first-order valence-corrected chi connectivity index (χ1v) is 14.4. The molecule has 2 amide bonds. The van der Waals surface area contributed by atoms with E-state index in [1.807, 2.05) is 12.1 Å². The van der Waals surface area contributed by atoms with Crippen molar-refractivity contribution in [3.8, 4) is 5.69 Å². The number of carboxylic acid groups (broad SMARTS) is 2. The molecular weight excluding hydrogens is 612 g/mol. The Hall–Kier alpha value is -4.48. The van der Waals surface area contributed by atoms with Crippen molar-refractivity contribution in [3.05, 3.63) is 64.3 Å². The number of pyridine rings is 1. The Morgan fingerprint density at radius 2 is 2.07 bits per heavy atom. The molecule has 0 radical (unpaired) electrons. The number of aromatic nitrogens is 4. The number of anilines is 1. The van der Waals surface area contributed by atoms with Gasteiger partial charge in [-0.2, -0.15) is 5.10 Å². The number of thioether (sulfide) groups is 1. The smallest absolute Gasteiger partial charge is 0.352 e. The molecule has 3 aromatic heterocycles. The number of carbonyl (C=O) groups is 4. The van der Waals surface area contributed by atoms with Gasteiger partial charge in [-0.15, -0.1) is 11.8 Å². The van der Waals surface area contributed by atoms with Gasteiger partial charge in [-0.05, 0) is 13.0 Å². The number of thiazole rings is 1. The highest BCUT2D eigenvalue weighted by atomic mass is 35.5. The highest BCUT2D eigenvalue weighted by Gasteiger charge is 2.55. The molecule has 5 rings (SSSR count). The monoisotopic (exact) mass is 633 g/mol.